The molecule has 0 atom stereocenters. The van der Waals surface area contributed by atoms with Crippen LogP contribution in [-0.4, -0.2) is 25.2 Å². The SMILES string of the molecule is CC(C)(CNS(=O)(=O)C1CC1)C(N)=S. The maximum atomic E-state index is 11.5. The molecule has 1 aliphatic carbocycles. The number of nitrogens with two attached hydrogens (primary N) is 1. The van der Waals surface area contributed by atoms with Crippen LogP contribution in [0.15, 0.2) is 0 Å². The van der Waals surface area contributed by atoms with Crippen molar-refractivity contribution >= 4 is 27.2 Å². The molecule has 82 valence electrons. The van der Waals surface area contributed by atoms with Crippen LogP contribution in [0.3, 0.4) is 0 Å². The molecule has 0 bridgehead atoms. The molecule has 14 heavy (non-hydrogen) atoms. The summed E-state index contributed by atoms with van der Waals surface area (Å²) in [5.74, 6) is 0. The number of hydrogen-bond acceptors (Lipinski definition) is 3. The Balaban J connectivity index is 2.51. The van der Waals surface area contributed by atoms with E-state index in [0.29, 0.717) is 4.99 Å². The van der Waals surface area contributed by atoms with Crippen molar-refractivity contribution in [2.24, 2.45) is 11.1 Å². The van der Waals surface area contributed by atoms with E-state index in [1.807, 2.05) is 13.8 Å². The van der Waals surface area contributed by atoms with Gasteiger partial charge in [0, 0.05) is 12.0 Å². The molecule has 0 amide bonds. The van der Waals surface area contributed by atoms with E-state index >= 15 is 0 Å². The molecule has 0 aliphatic heterocycles. The molecule has 1 saturated carbocycles. The molecule has 0 aromatic carbocycles. The van der Waals surface area contributed by atoms with Crippen molar-refractivity contribution in [1.29, 1.82) is 0 Å². The van der Waals surface area contributed by atoms with E-state index in [1.54, 1.807) is 0 Å². The Morgan fingerprint density at radius 3 is 2.43 bits per heavy atom. The van der Waals surface area contributed by atoms with Gasteiger partial charge in [0.05, 0.1) is 10.2 Å². The van der Waals surface area contributed by atoms with Gasteiger partial charge in [0.15, 0.2) is 0 Å². The van der Waals surface area contributed by atoms with Crippen LogP contribution in [0.2, 0.25) is 0 Å². The highest BCUT2D eigenvalue weighted by Gasteiger charge is 2.36. The van der Waals surface area contributed by atoms with E-state index < -0.39 is 15.4 Å². The standard InChI is InChI=1S/C8H16N2O2S2/c1-8(2,7(9)13)5-10-14(11,12)6-3-4-6/h6,10H,3-5H2,1-2H3,(H2,9,13). The third kappa shape index (κ3) is 2.90. The topological polar surface area (TPSA) is 72.2 Å². The fourth-order valence-corrected chi connectivity index (χ4v) is 2.49. The van der Waals surface area contributed by atoms with Gasteiger partial charge in [-0.25, -0.2) is 13.1 Å². The zero-order valence-electron chi connectivity index (χ0n) is 8.41. The van der Waals surface area contributed by atoms with Gasteiger partial charge in [0.2, 0.25) is 10.0 Å². The van der Waals surface area contributed by atoms with Gasteiger partial charge in [-0.2, -0.15) is 0 Å². The molecule has 1 aliphatic rings. The van der Waals surface area contributed by atoms with Crippen LogP contribution < -0.4 is 10.5 Å². The largest absolute Gasteiger partial charge is 0.393 e. The van der Waals surface area contributed by atoms with Gasteiger partial charge in [-0.1, -0.05) is 26.1 Å². The second-order valence-electron chi connectivity index (χ2n) is 4.31. The van der Waals surface area contributed by atoms with Gasteiger partial charge in [0.1, 0.15) is 0 Å². The highest BCUT2D eigenvalue weighted by atomic mass is 32.2. The molecule has 0 unspecified atom stereocenters. The summed E-state index contributed by atoms with van der Waals surface area (Å²) >= 11 is 4.84. The minimum absolute atomic E-state index is 0.190. The molecular weight excluding hydrogens is 220 g/mol. The zero-order valence-corrected chi connectivity index (χ0v) is 10.0. The molecule has 1 fully saturated rings. The normalized spacial score (nSPS) is 18.1. The summed E-state index contributed by atoms with van der Waals surface area (Å²) < 4.78 is 25.5. The summed E-state index contributed by atoms with van der Waals surface area (Å²) in [6.07, 6.45) is 1.53. The number of nitrogens with one attached hydrogen (secondary N) is 1. The molecule has 3 N–H and O–H groups in total. The van der Waals surface area contributed by atoms with Crippen molar-refractivity contribution in [3.05, 3.63) is 0 Å². The molecule has 0 aromatic rings. The molecule has 0 spiro atoms. The average molecular weight is 236 g/mol. The fourth-order valence-electron chi connectivity index (χ4n) is 0.864. The summed E-state index contributed by atoms with van der Waals surface area (Å²) in [6, 6.07) is 0. The van der Waals surface area contributed by atoms with Gasteiger partial charge in [-0.05, 0) is 12.8 Å². The first-order chi connectivity index (χ1) is 6.26. The van der Waals surface area contributed by atoms with Crippen LogP contribution in [0.5, 0.6) is 0 Å². The van der Waals surface area contributed by atoms with E-state index in [-0.39, 0.29) is 11.8 Å². The van der Waals surface area contributed by atoms with Crippen molar-refractivity contribution in [2.75, 3.05) is 6.54 Å². The highest BCUT2D eigenvalue weighted by Crippen LogP contribution is 2.28. The molecule has 0 heterocycles. The van der Waals surface area contributed by atoms with Crippen molar-refractivity contribution in [1.82, 2.24) is 4.72 Å². The van der Waals surface area contributed by atoms with E-state index in [0.717, 1.165) is 12.8 Å². The smallest absolute Gasteiger partial charge is 0.214 e. The lowest BCUT2D eigenvalue weighted by molar-refractivity contribution is 0.501. The van der Waals surface area contributed by atoms with Gasteiger partial charge in [-0.3, -0.25) is 0 Å². The van der Waals surface area contributed by atoms with Gasteiger partial charge < -0.3 is 5.73 Å². The first-order valence-electron chi connectivity index (χ1n) is 4.54. The first kappa shape index (κ1) is 11.9. The molecule has 1 rings (SSSR count). The Morgan fingerprint density at radius 1 is 1.57 bits per heavy atom. The lowest BCUT2D eigenvalue weighted by Crippen LogP contribution is -2.42. The summed E-state index contributed by atoms with van der Waals surface area (Å²) in [4.78, 5) is 0.330. The third-order valence-electron chi connectivity index (χ3n) is 2.35. The van der Waals surface area contributed by atoms with E-state index in [4.69, 9.17) is 18.0 Å². The maximum Gasteiger partial charge on any atom is 0.214 e. The maximum absolute atomic E-state index is 11.5. The van der Waals surface area contributed by atoms with Crippen molar-refractivity contribution in [3.8, 4) is 0 Å². The third-order valence-corrected chi connectivity index (χ3v) is 4.79. The van der Waals surface area contributed by atoms with Crippen LogP contribution in [-0.2, 0) is 10.0 Å². The fraction of sp³-hybridized carbons (Fsp3) is 0.875. The highest BCUT2D eigenvalue weighted by molar-refractivity contribution is 7.90. The van der Waals surface area contributed by atoms with Crippen LogP contribution >= 0.6 is 12.2 Å². The lowest BCUT2D eigenvalue weighted by Gasteiger charge is -2.23. The Hall–Kier alpha value is -0.200. The number of sulfonamides is 1. The van der Waals surface area contributed by atoms with Gasteiger partial charge >= 0.3 is 0 Å². The summed E-state index contributed by atoms with van der Waals surface area (Å²) in [5, 5.41) is -0.190. The Morgan fingerprint density at radius 2 is 2.07 bits per heavy atom. The molecule has 6 heteroatoms. The number of thiocarbonyl (C=S) groups is 1. The average Bonchev–Trinajstić information content (AvgIpc) is 2.83. The molecule has 4 nitrogen and oxygen atoms in total. The summed E-state index contributed by atoms with van der Waals surface area (Å²) in [6.45, 7) is 3.93. The van der Waals surface area contributed by atoms with Crippen LogP contribution in [0, 0.1) is 5.41 Å². The van der Waals surface area contributed by atoms with Crippen LogP contribution in [0.25, 0.3) is 0 Å². The quantitative estimate of drug-likeness (QED) is 0.677. The van der Waals surface area contributed by atoms with Crippen molar-refractivity contribution in [3.63, 3.8) is 0 Å². The second kappa shape index (κ2) is 3.75. The number of hydrogen-bond donors (Lipinski definition) is 2. The van der Waals surface area contributed by atoms with Gasteiger partial charge in [-0.15, -0.1) is 0 Å². The van der Waals surface area contributed by atoms with E-state index in [2.05, 4.69) is 4.72 Å². The van der Waals surface area contributed by atoms with E-state index in [1.165, 1.54) is 0 Å². The van der Waals surface area contributed by atoms with Crippen LogP contribution in [0.4, 0.5) is 0 Å². The zero-order chi connectivity index (χ0) is 11.0. The molecule has 0 saturated heterocycles. The molecule has 0 radical (unpaired) electrons. The summed E-state index contributed by atoms with van der Waals surface area (Å²) in [7, 11) is -3.12. The van der Waals surface area contributed by atoms with Crippen molar-refractivity contribution in [2.45, 2.75) is 31.9 Å². The summed E-state index contributed by atoms with van der Waals surface area (Å²) in [5.41, 5.74) is 5.03. The van der Waals surface area contributed by atoms with Gasteiger partial charge in [0.25, 0.3) is 0 Å². The first-order valence-corrected chi connectivity index (χ1v) is 6.49. The number of rotatable bonds is 5. The van der Waals surface area contributed by atoms with Crippen molar-refractivity contribution < 1.29 is 8.42 Å². The lowest BCUT2D eigenvalue weighted by atomic mass is 9.94. The predicted molar refractivity (Wildman–Crippen MR) is 60.5 cm³/mol. The minimum Gasteiger partial charge on any atom is -0.393 e. The monoisotopic (exact) mass is 236 g/mol. The Kier molecular flexibility index (Phi) is 3.18. The van der Waals surface area contributed by atoms with Crippen LogP contribution in [0.1, 0.15) is 26.7 Å². The Labute approximate surface area is 90.3 Å². The molecule has 0 aromatic heterocycles. The second-order valence-corrected chi connectivity index (χ2v) is 6.80. The predicted octanol–water partition coefficient (Wildman–Crippen LogP) is 0.380. The molecular formula is C8H16N2O2S2. The Bertz CT molecular complexity index is 331. The van der Waals surface area contributed by atoms with E-state index in [9.17, 15) is 8.42 Å². The minimum atomic E-state index is -3.12.